The van der Waals surface area contributed by atoms with E-state index < -0.39 is 0 Å². The number of hydrogen-bond donors (Lipinski definition) is 1. The van der Waals surface area contributed by atoms with Crippen molar-refractivity contribution in [3.05, 3.63) is 34.4 Å². The second-order valence-corrected chi connectivity index (χ2v) is 5.57. The fraction of sp³-hybridized carbons (Fsp3) is 0.600. The molecule has 0 bridgehead atoms. The van der Waals surface area contributed by atoms with Gasteiger partial charge in [-0.3, -0.25) is 0 Å². The molecule has 1 heteroatoms. The Kier molecular flexibility index (Phi) is 2.83. The Bertz CT molecular complexity index is 404. The molecule has 0 radical (unpaired) electrons. The quantitative estimate of drug-likeness (QED) is 0.806. The normalized spacial score (nSPS) is 22.2. The molecule has 1 aromatic carbocycles. The predicted octanol–water partition coefficient (Wildman–Crippen LogP) is 3.49. The van der Waals surface area contributed by atoms with Gasteiger partial charge in [0.2, 0.25) is 0 Å². The lowest BCUT2D eigenvalue weighted by molar-refractivity contribution is 0.479. The Labute approximate surface area is 99.0 Å². The van der Waals surface area contributed by atoms with E-state index in [1.165, 1.54) is 16.7 Å². The van der Waals surface area contributed by atoms with Crippen molar-refractivity contribution < 1.29 is 0 Å². The first-order valence-corrected chi connectivity index (χ1v) is 6.42. The molecular weight excluding hydrogens is 194 g/mol. The summed E-state index contributed by atoms with van der Waals surface area (Å²) in [4.78, 5) is 0. The van der Waals surface area contributed by atoms with Gasteiger partial charge in [-0.05, 0) is 46.9 Å². The number of fused-ring (bicyclic) bond motifs is 1. The van der Waals surface area contributed by atoms with Crippen LogP contribution < -0.4 is 5.73 Å². The molecule has 1 aliphatic rings. The summed E-state index contributed by atoms with van der Waals surface area (Å²) in [5.41, 5.74) is 12.5. The molecule has 2 rings (SSSR count). The molecule has 2 N–H and O–H groups in total. The van der Waals surface area contributed by atoms with Crippen molar-refractivity contribution in [2.24, 2.45) is 5.73 Å². The smallest absolute Gasteiger partial charge is 0.0308 e. The third-order valence-electron chi connectivity index (χ3n) is 3.96. The summed E-state index contributed by atoms with van der Waals surface area (Å²) in [6, 6.07) is 4.82. The largest absolute Gasteiger partial charge is 0.324 e. The van der Waals surface area contributed by atoms with Crippen LogP contribution in [0.1, 0.15) is 62.4 Å². The average Bonchev–Trinajstić information content (AvgIpc) is 2.49. The molecule has 1 aliphatic carbocycles. The Morgan fingerprint density at radius 3 is 2.31 bits per heavy atom. The molecule has 1 atom stereocenters. The molecule has 0 fully saturated rings. The predicted molar refractivity (Wildman–Crippen MR) is 69.8 cm³/mol. The highest BCUT2D eigenvalue weighted by Crippen LogP contribution is 2.46. The topological polar surface area (TPSA) is 26.0 Å². The van der Waals surface area contributed by atoms with Gasteiger partial charge in [0.1, 0.15) is 0 Å². The van der Waals surface area contributed by atoms with E-state index in [0.717, 1.165) is 19.3 Å². The Balaban J connectivity index is 2.69. The third-order valence-corrected chi connectivity index (χ3v) is 3.96. The van der Waals surface area contributed by atoms with E-state index in [1.54, 1.807) is 5.56 Å². The van der Waals surface area contributed by atoms with Crippen LogP contribution in [0.15, 0.2) is 12.1 Å². The van der Waals surface area contributed by atoms with Crippen LogP contribution in [0, 0.1) is 0 Å². The molecule has 0 heterocycles. The van der Waals surface area contributed by atoms with E-state index in [-0.39, 0.29) is 11.5 Å². The van der Waals surface area contributed by atoms with Crippen molar-refractivity contribution in [1.82, 2.24) is 0 Å². The van der Waals surface area contributed by atoms with Crippen molar-refractivity contribution in [1.29, 1.82) is 0 Å². The van der Waals surface area contributed by atoms with Crippen LogP contribution in [0.3, 0.4) is 0 Å². The van der Waals surface area contributed by atoms with E-state index >= 15 is 0 Å². The van der Waals surface area contributed by atoms with Gasteiger partial charge in [-0.15, -0.1) is 0 Å². The molecule has 88 valence electrons. The minimum atomic E-state index is 0.242. The molecule has 1 nitrogen and oxygen atoms in total. The van der Waals surface area contributed by atoms with Gasteiger partial charge in [-0.1, -0.05) is 39.8 Å². The molecule has 16 heavy (non-hydrogen) atoms. The molecular formula is C15H23N. The van der Waals surface area contributed by atoms with Crippen molar-refractivity contribution >= 4 is 0 Å². The van der Waals surface area contributed by atoms with E-state index in [4.69, 9.17) is 5.73 Å². The summed E-state index contributed by atoms with van der Waals surface area (Å²) in [5.74, 6) is 0. The highest BCUT2D eigenvalue weighted by Gasteiger charge is 2.37. The Hall–Kier alpha value is -0.820. The molecule has 0 aliphatic heterocycles. The van der Waals surface area contributed by atoms with Gasteiger partial charge in [-0.25, -0.2) is 0 Å². The Morgan fingerprint density at radius 2 is 1.75 bits per heavy atom. The molecule has 0 saturated heterocycles. The van der Waals surface area contributed by atoms with Crippen molar-refractivity contribution in [2.75, 3.05) is 0 Å². The van der Waals surface area contributed by atoms with Gasteiger partial charge in [-0.2, -0.15) is 0 Å². The zero-order valence-corrected chi connectivity index (χ0v) is 10.9. The number of rotatable bonds is 2. The van der Waals surface area contributed by atoms with Crippen LogP contribution in [-0.2, 0) is 18.3 Å². The van der Waals surface area contributed by atoms with Crippen LogP contribution >= 0.6 is 0 Å². The van der Waals surface area contributed by atoms with Crippen LogP contribution in [0.2, 0.25) is 0 Å². The summed E-state index contributed by atoms with van der Waals surface area (Å²) in [7, 11) is 0. The monoisotopic (exact) mass is 217 g/mol. The zero-order chi connectivity index (χ0) is 11.9. The maximum Gasteiger partial charge on any atom is 0.0308 e. The van der Waals surface area contributed by atoms with Gasteiger partial charge < -0.3 is 5.73 Å². The van der Waals surface area contributed by atoms with Gasteiger partial charge >= 0.3 is 0 Å². The van der Waals surface area contributed by atoms with E-state index in [0.29, 0.717) is 0 Å². The molecule has 0 amide bonds. The maximum absolute atomic E-state index is 6.32. The molecule has 1 aromatic rings. The minimum Gasteiger partial charge on any atom is -0.324 e. The van der Waals surface area contributed by atoms with E-state index in [1.807, 2.05) is 0 Å². The van der Waals surface area contributed by atoms with E-state index in [2.05, 4.69) is 39.8 Å². The van der Waals surface area contributed by atoms with Crippen LogP contribution in [0.25, 0.3) is 0 Å². The fourth-order valence-electron chi connectivity index (χ4n) is 3.29. The lowest BCUT2D eigenvalue weighted by Gasteiger charge is -2.22. The number of aryl methyl sites for hydroxylation is 2. The second kappa shape index (κ2) is 3.89. The standard InChI is InChI=1S/C15H23N/c1-5-10-7-8-11(6-2)14-13(10)12(16)9-15(14,3)4/h7-8,12H,5-6,9,16H2,1-4H3/t12-/m0/s1. The van der Waals surface area contributed by atoms with Crippen LogP contribution in [0.5, 0.6) is 0 Å². The van der Waals surface area contributed by atoms with E-state index in [9.17, 15) is 0 Å². The van der Waals surface area contributed by atoms with Crippen LogP contribution in [0.4, 0.5) is 0 Å². The fourth-order valence-corrected chi connectivity index (χ4v) is 3.29. The maximum atomic E-state index is 6.32. The summed E-state index contributed by atoms with van der Waals surface area (Å²) in [5, 5.41) is 0. The summed E-state index contributed by atoms with van der Waals surface area (Å²) in [6.45, 7) is 9.12. The second-order valence-electron chi connectivity index (χ2n) is 5.57. The molecule has 0 unspecified atom stereocenters. The first-order valence-electron chi connectivity index (χ1n) is 6.42. The molecule has 0 saturated carbocycles. The van der Waals surface area contributed by atoms with Crippen molar-refractivity contribution in [3.8, 4) is 0 Å². The SMILES string of the molecule is CCc1ccc(CC)c2c1[C@@H](N)CC2(C)C. The van der Waals surface area contributed by atoms with Gasteiger partial charge in [0.25, 0.3) is 0 Å². The average molecular weight is 217 g/mol. The first kappa shape index (κ1) is 11.7. The highest BCUT2D eigenvalue weighted by atomic mass is 14.7. The number of nitrogens with two attached hydrogens (primary N) is 1. The molecule has 0 spiro atoms. The number of hydrogen-bond acceptors (Lipinski definition) is 1. The lowest BCUT2D eigenvalue weighted by atomic mass is 9.82. The summed E-state index contributed by atoms with van der Waals surface area (Å²) >= 11 is 0. The zero-order valence-electron chi connectivity index (χ0n) is 10.9. The minimum absolute atomic E-state index is 0.242. The Morgan fingerprint density at radius 1 is 1.19 bits per heavy atom. The summed E-state index contributed by atoms with van der Waals surface area (Å²) < 4.78 is 0. The van der Waals surface area contributed by atoms with Gasteiger partial charge in [0, 0.05) is 6.04 Å². The van der Waals surface area contributed by atoms with Crippen LogP contribution in [-0.4, -0.2) is 0 Å². The molecule has 0 aromatic heterocycles. The lowest BCUT2D eigenvalue weighted by Crippen LogP contribution is -2.15. The summed E-state index contributed by atoms with van der Waals surface area (Å²) in [6.07, 6.45) is 3.30. The first-order chi connectivity index (χ1) is 7.51. The van der Waals surface area contributed by atoms with Gasteiger partial charge in [0.05, 0.1) is 0 Å². The highest BCUT2D eigenvalue weighted by molar-refractivity contribution is 5.50. The van der Waals surface area contributed by atoms with Crippen molar-refractivity contribution in [3.63, 3.8) is 0 Å². The number of benzene rings is 1. The van der Waals surface area contributed by atoms with Crippen molar-refractivity contribution in [2.45, 2.75) is 58.4 Å². The third kappa shape index (κ3) is 1.58. The van der Waals surface area contributed by atoms with Gasteiger partial charge in [0.15, 0.2) is 0 Å².